The quantitative estimate of drug-likeness (QED) is 0.684. The minimum Gasteiger partial charge on any atom is -0.361 e. The second kappa shape index (κ2) is 18.7. The lowest BCUT2D eigenvalue weighted by Gasteiger charge is -2.02. The van der Waals surface area contributed by atoms with Gasteiger partial charge in [0, 0.05) is 23.1 Å². The number of hydrogen-bond donors (Lipinski definition) is 2. The fourth-order valence-corrected chi connectivity index (χ4v) is 1.65. The van der Waals surface area contributed by atoms with Crippen LogP contribution in [0.5, 0.6) is 0 Å². The van der Waals surface area contributed by atoms with Crippen LogP contribution in [0.15, 0.2) is 30.5 Å². The van der Waals surface area contributed by atoms with E-state index in [1.807, 2.05) is 74.6 Å². The molecule has 0 fully saturated rings. The summed E-state index contributed by atoms with van der Waals surface area (Å²) < 4.78 is 0. The van der Waals surface area contributed by atoms with E-state index in [2.05, 4.69) is 23.2 Å². The van der Waals surface area contributed by atoms with Gasteiger partial charge in [-0.1, -0.05) is 73.6 Å². The van der Waals surface area contributed by atoms with Gasteiger partial charge >= 0.3 is 0 Å². The zero-order valence-corrected chi connectivity index (χ0v) is 15.7. The van der Waals surface area contributed by atoms with E-state index >= 15 is 0 Å². The number of H-pyrrole nitrogens is 1. The van der Waals surface area contributed by atoms with E-state index in [9.17, 15) is 0 Å². The Balaban J connectivity index is -0.000000353. The first-order chi connectivity index (χ1) is 10.3. The third kappa shape index (κ3) is 10.1. The van der Waals surface area contributed by atoms with Crippen molar-refractivity contribution in [2.75, 3.05) is 0 Å². The van der Waals surface area contributed by atoms with Gasteiger partial charge in [0.25, 0.3) is 0 Å². The number of nitrogens with two attached hydrogens (primary N) is 1. The maximum Gasteiger partial charge on any atom is 0.0456 e. The molecular weight excluding hydrogens is 256 g/mol. The van der Waals surface area contributed by atoms with Crippen LogP contribution < -0.4 is 5.73 Å². The molecule has 0 aliphatic rings. The summed E-state index contributed by atoms with van der Waals surface area (Å²) in [5, 5.41) is 1.29. The van der Waals surface area contributed by atoms with E-state index in [1.165, 1.54) is 16.5 Å². The third-order valence-electron chi connectivity index (χ3n) is 2.22. The number of aromatic amines is 1. The fraction of sp³-hybridized carbons (Fsp3) is 0.579. The standard InChI is InChI=1S/C11H14N2.4C2H6/c1-8(12)6-9-7-13-11-5-3-2-4-10(9)11;4*1-2/h2-5,7-8,13H,6,12H2,1H3;4*1-2H3/t8-;;;;/m1..../s1. The Morgan fingerprint density at radius 3 is 1.86 bits per heavy atom. The minimum absolute atomic E-state index is 0.221. The summed E-state index contributed by atoms with van der Waals surface area (Å²) in [5.41, 5.74) is 8.26. The van der Waals surface area contributed by atoms with Gasteiger partial charge in [-0.2, -0.15) is 0 Å². The van der Waals surface area contributed by atoms with E-state index in [1.54, 1.807) is 0 Å². The zero-order chi connectivity index (χ0) is 17.3. The molecule has 0 unspecified atom stereocenters. The summed E-state index contributed by atoms with van der Waals surface area (Å²) >= 11 is 0. The molecule has 21 heavy (non-hydrogen) atoms. The number of fused-ring (bicyclic) bond motifs is 1. The highest BCUT2D eigenvalue weighted by molar-refractivity contribution is 5.83. The van der Waals surface area contributed by atoms with Crippen LogP contribution in [0.2, 0.25) is 0 Å². The average Bonchev–Trinajstić information content (AvgIpc) is 2.98. The lowest BCUT2D eigenvalue weighted by atomic mass is 10.1. The molecule has 2 heteroatoms. The molecule has 2 rings (SSSR count). The van der Waals surface area contributed by atoms with Gasteiger partial charge in [-0.15, -0.1) is 0 Å². The summed E-state index contributed by atoms with van der Waals surface area (Å²) in [7, 11) is 0. The van der Waals surface area contributed by atoms with E-state index in [0.717, 1.165) is 6.42 Å². The van der Waals surface area contributed by atoms with Crippen molar-refractivity contribution >= 4 is 10.9 Å². The number of para-hydroxylation sites is 1. The number of aromatic nitrogens is 1. The highest BCUT2D eigenvalue weighted by Gasteiger charge is 2.03. The van der Waals surface area contributed by atoms with Gasteiger partial charge in [0.1, 0.15) is 0 Å². The monoisotopic (exact) mass is 294 g/mol. The van der Waals surface area contributed by atoms with Gasteiger partial charge < -0.3 is 10.7 Å². The van der Waals surface area contributed by atoms with Gasteiger partial charge in [0.15, 0.2) is 0 Å². The van der Waals surface area contributed by atoms with Crippen molar-refractivity contribution < 1.29 is 0 Å². The van der Waals surface area contributed by atoms with Gasteiger partial charge in [-0.3, -0.25) is 0 Å². The second-order valence-corrected chi connectivity index (χ2v) is 3.54. The van der Waals surface area contributed by atoms with Crippen LogP contribution in [0.25, 0.3) is 10.9 Å². The predicted molar refractivity (Wildman–Crippen MR) is 101 cm³/mol. The van der Waals surface area contributed by atoms with Crippen LogP contribution in [0.3, 0.4) is 0 Å². The molecule has 0 aliphatic heterocycles. The molecule has 0 spiro atoms. The highest BCUT2D eigenvalue weighted by Crippen LogP contribution is 2.18. The van der Waals surface area contributed by atoms with Crippen LogP contribution in [0.1, 0.15) is 67.9 Å². The van der Waals surface area contributed by atoms with Gasteiger partial charge in [0.2, 0.25) is 0 Å². The largest absolute Gasteiger partial charge is 0.361 e. The van der Waals surface area contributed by atoms with Gasteiger partial charge in [-0.25, -0.2) is 0 Å². The van der Waals surface area contributed by atoms with Crippen LogP contribution in [0.4, 0.5) is 0 Å². The molecule has 1 aromatic carbocycles. The minimum atomic E-state index is 0.221. The summed E-state index contributed by atoms with van der Waals surface area (Å²) in [6.07, 6.45) is 2.98. The molecule has 2 aromatic rings. The number of hydrogen-bond acceptors (Lipinski definition) is 1. The first-order valence-corrected chi connectivity index (χ1v) is 8.58. The van der Waals surface area contributed by atoms with Crippen molar-refractivity contribution in [1.29, 1.82) is 0 Å². The van der Waals surface area contributed by atoms with E-state index in [0.29, 0.717) is 0 Å². The molecule has 2 nitrogen and oxygen atoms in total. The first-order valence-electron chi connectivity index (χ1n) is 8.58. The average molecular weight is 295 g/mol. The highest BCUT2D eigenvalue weighted by atomic mass is 14.7. The summed E-state index contributed by atoms with van der Waals surface area (Å²) in [5.74, 6) is 0. The van der Waals surface area contributed by atoms with E-state index in [-0.39, 0.29) is 6.04 Å². The maximum absolute atomic E-state index is 5.76. The third-order valence-corrected chi connectivity index (χ3v) is 2.22. The molecule has 0 saturated heterocycles. The molecular formula is C19H38N2. The Labute approximate surface area is 133 Å². The van der Waals surface area contributed by atoms with Crippen molar-refractivity contribution in [2.45, 2.75) is 74.8 Å². The summed E-state index contributed by atoms with van der Waals surface area (Å²) in [4.78, 5) is 3.24. The van der Waals surface area contributed by atoms with Crippen molar-refractivity contribution in [3.8, 4) is 0 Å². The lowest BCUT2D eigenvalue weighted by molar-refractivity contribution is 0.741. The molecule has 1 aromatic heterocycles. The Hall–Kier alpha value is -1.28. The second-order valence-electron chi connectivity index (χ2n) is 3.54. The van der Waals surface area contributed by atoms with E-state index in [4.69, 9.17) is 5.73 Å². The predicted octanol–water partition coefficient (Wildman–Crippen LogP) is 6.16. The van der Waals surface area contributed by atoms with Crippen molar-refractivity contribution in [1.82, 2.24) is 4.98 Å². The van der Waals surface area contributed by atoms with Gasteiger partial charge in [-0.05, 0) is 25.0 Å². The molecule has 0 aliphatic carbocycles. The number of benzene rings is 1. The first kappa shape index (κ1) is 24.7. The van der Waals surface area contributed by atoms with Crippen molar-refractivity contribution in [3.63, 3.8) is 0 Å². The lowest BCUT2D eigenvalue weighted by Crippen LogP contribution is -2.17. The van der Waals surface area contributed by atoms with Crippen LogP contribution in [-0.2, 0) is 6.42 Å². The smallest absolute Gasteiger partial charge is 0.0456 e. The molecule has 0 saturated carbocycles. The molecule has 1 heterocycles. The van der Waals surface area contributed by atoms with Crippen LogP contribution >= 0.6 is 0 Å². The topological polar surface area (TPSA) is 41.8 Å². The molecule has 0 radical (unpaired) electrons. The summed E-state index contributed by atoms with van der Waals surface area (Å²) in [6.45, 7) is 18.0. The Bertz CT molecular complexity index is 403. The number of nitrogens with one attached hydrogen (secondary N) is 1. The van der Waals surface area contributed by atoms with Crippen molar-refractivity contribution in [2.24, 2.45) is 5.73 Å². The van der Waals surface area contributed by atoms with Crippen LogP contribution in [-0.4, -0.2) is 11.0 Å². The molecule has 3 N–H and O–H groups in total. The van der Waals surface area contributed by atoms with Crippen molar-refractivity contribution in [3.05, 3.63) is 36.0 Å². The molecule has 1 atom stereocenters. The Morgan fingerprint density at radius 1 is 0.905 bits per heavy atom. The summed E-state index contributed by atoms with van der Waals surface area (Å²) in [6, 6.07) is 8.53. The maximum atomic E-state index is 5.76. The Morgan fingerprint density at radius 2 is 1.38 bits per heavy atom. The normalized spacial score (nSPS) is 9.43. The molecule has 124 valence electrons. The van der Waals surface area contributed by atoms with E-state index < -0.39 is 0 Å². The number of rotatable bonds is 2. The van der Waals surface area contributed by atoms with Gasteiger partial charge in [0.05, 0.1) is 0 Å². The Kier molecular flexibility index (Phi) is 22.0. The molecule has 0 bridgehead atoms. The van der Waals surface area contributed by atoms with Crippen LogP contribution in [0, 0.1) is 0 Å². The fourth-order valence-electron chi connectivity index (χ4n) is 1.65. The molecule has 0 amide bonds. The SMILES string of the molecule is CC.CC.CC.CC.C[C@@H](N)Cc1c[nH]c2ccccc12. The zero-order valence-electron chi connectivity index (χ0n) is 15.7.